The van der Waals surface area contributed by atoms with Crippen molar-refractivity contribution in [3.05, 3.63) is 130 Å². The number of benzene rings is 4. The summed E-state index contributed by atoms with van der Waals surface area (Å²) in [4.78, 5) is 55.2. The molecular weight excluding hydrogens is 552 g/mol. The van der Waals surface area contributed by atoms with Crippen LogP contribution in [0.5, 0.6) is 0 Å². The zero-order valence-corrected chi connectivity index (χ0v) is 24.6. The minimum absolute atomic E-state index is 0.156. The quantitative estimate of drug-likeness (QED) is 0.212. The van der Waals surface area contributed by atoms with Crippen LogP contribution in [0, 0.1) is 11.8 Å². The van der Waals surface area contributed by atoms with Crippen molar-refractivity contribution < 1.29 is 23.9 Å². The largest absolute Gasteiger partial charge is 0.452 e. The van der Waals surface area contributed by atoms with E-state index in [1.54, 1.807) is 18.2 Å². The van der Waals surface area contributed by atoms with E-state index in [9.17, 15) is 19.2 Å². The highest BCUT2D eigenvalue weighted by molar-refractivity contribution is 6.23. The first-order valence-electron chi connectivity index (χ1n) is 15.2. The average molecular weight is 585 g/mol. The molecule has 220 valence electrons. The highest BCUT2D eigenvalue weighted by Crippen LogP contribution is 2.61. The number of para-hydroxylation sites is 1. The van der Waals surface area contributed by atoms with Gasteiger partial charge in [-0.15, -0.1) is 0 Å². The Bertz CT molecular complexity index is 1710. The van der Waals surface area contributed by atoms with E-state index in [0.29, 0.717) is 5.69 Å². The summed E-state index contributed by atoms with van der Waals surface area (Å²) in [6.07, 6.45) is 1.51. The number of nitrogens with zero attached hydrogens (tertiary/aromatic N) is 1. The third kappa shape index (κ3) is 4.26. The average Bonchev–Trinajstić information content (AvgIpc) is 3.33. The molecule has 0 radical (unpaired) electrons. The van der Waals surface area contributed by atoms with Crippen LogP contribution in [0.1, 0.15) is 69.4 Å². The van der Waals surface area contributed by atoms with Crippen molar-refractivity contribution in [2.75, 3.05) is 16.8 Å². The molecule has 8 rings (SSSR count). The second-order valence-electron chi connectivity index (χ2n) is 11.6. The number of aryl methyl sites for hydroxylation is 2. The van der Waals surface area contributed by atoms with Gasteiger partial charge in [-0.1, -0.05) is 86.6 Å². The number of ether oxygens (including phenoxy) is 1. The van der Waals surface area contributed by atoms with Gasteiger partial charge in [0.2, 0.25) is 11.8 Å². The molecule has 3 amide bonds. The Kier molecular flexibility index (Phi) is 6.88. The molecule has 0 unspecified atom stereocenters. The summed E-state index contributed by atoms with van der Waals surface area (Å²) in [5.74, 6) is -3.12. The molecule has 2 atom stereocenters. The van der Waals surface area contributed by atoms with Crippen LogP contribution in [-0.4, -0.2) is 30.3 Å². The summed E-state index contributed by atoms with van der Waals surface area (Å²) in [7, 11) is 0. The van der Waals surface area contributed by atoms with Gasteiger partial charge in [-0.05, 0) is 64.4 Å². The summed E-state index contributed by atoms with van der Waals surface area (Å²) in [5.41, 5.74) is 7.66. The molecule has 1 fully saturated rings. The molecular formula is C37H32N2O5. The number of carbonyl (C=O) groups is 4. The van der Waals surface area contributed by atoms with Crippen LogP contribution in [0.15, 0.2) is 91.0 Å². The van der Waals surface area contributed by atoms with Gasteiger partial charge in [0.15, 0.2) is 6.61 Å². The van der Waals surface area contributed by atoms with Crippen LogP contribution in [0.25, 0.3) is 0 Å². The Hall–Kier alpha value is -5.04. The van der Waals surface area contributed by atoms with E-state index >= 15 is 0 Å². The second-order valence-corrected chi connectivity index (χ2v) is 11.6. The minimum Gasteiger partial charge on any atom is -0.452 e. The first-order valence-corrected chi connectivity index (χ1v) is 15.2. The molecule has 2 bridgehead atoms. The van der Waals surface area contributed by atoms with Gasteiger partial charge >= 0.3 is 5.97 Å². The second kappa shape index (κ2) is 10.9. The zero-order chi connectivity index (χ0) is 30.5. The standard InChI is InChI=1S/C37H32N2O5/c1-3-21-11-9-12-22(4-2)34(21)38-29(40)20-44-37(43)23-13-10-14-24(19-23)39-35(41)32-30-25-15-5-6-16-26(25)31(33(32)36(39)42)28-18-8-7-17-27(28)30/h5-19,30-33H,3-4,20H2,1-2H3,(H,38,40)/t30?,31?,32-,33-/m0/s1. The Morgan fingerprint density at radius 1 is 0.705 bits per heavy atom. The van der Waals surface area contributed by atoms with Crippen molar-refractivity contribution in [3.8, 4) is 0 Å². The molecule has 0 aromatic heterocycles. The summed E-state index contributed by atoms with van der Waals surface area (Å²) >= 11 is 0. The molecule has 0 spiro atoms. The number of carbonyl (C=O) groups excluding carboxylic acids is 4. The van der Waals surface area contributed by atoms with Crippen LogP contribution in [0.3, 0.4) is 0 Å². The Morgan fingerprint density at radius 2 is 1.20 bits per heavy atom. The van der Waals surface area contributed by atoms with E-state index in [0.717, 1.165) is 51.9 Å². The van der Waals surface area contributed by atoms with E-state index in [1.807, 2.05) is 56.3 Å². The van der Waals surface area contributed by atoms with Crippen molar-refractivity contribution in [3.63, 3.8) is 0 Å². The molecule has 7 nitrogen and oxygen atoms in total. The fourth-order valence-corrected chi connectivity index (χ4v) is 7.50. The van der Waals surface area contributed by atoms with Gasteiger partial charge in [-0.3, -0.25) is 14.4 Å². The van der Waals surface area contributed by atoms with Crippen LogP contribution in [-0.2, 0) is 32.0 Å². The summed E-state index contributed by atoms with van der Waals surface area (Å²) in [6.45, 7) is 3.57. The third-order valence-corrected chi connectivity index (χ3v) is 9.39. The highest BCUT2D eigenvalue weighted by Gasteiger charge is 2.61. The monoisotopic (exact) mass is 584 g/mol. The molecule has 1 aliphatic heterocycles. The van der Waals surface area contributed by atoms with Crippen molar-refractivity contribution >= 4 is 35.1 Å². The lowest BCUT2D eigenvalue weighted by molar-refractivity contribution is -0.122. The van der Waals surface area contributed by atoms with Crippen LogP contribution in [0.4, 0.5) is 11.4 Å². The van der Waals surface area contributed by atoms with Gasteiger partial charge in [0.1, 0.15) is 0 Å². The van der Waals surface area contributed by atoms with Gasteiger partial charge in [0.05, 0.1) is 23.1 Å². The summed E-state index contributed by atoms with van der Waals surface area (Å²) in [5, 5.41) is 2.90. The highest BCUT2D eigenvalue weighted by atomic mass is 16.5. The number of nitrogens with one attached hydrogen (secondary N) is 1. The van der Waals surface area contributed by atoms with E-state index in [4.69, 9.17) is 4.74 Å². The molecule has 0 saturated carbocycles. The van der Waals surface area contributed by atoms with Gasteiger partial charge in [0.25, 0.3) is 5.91 Å². The number of rotatable bonds is 7. The number of amides is 3. The van der Waals surface area contributed by atoms with E-state index in [2.05, 4.69) is 29.6 Å². The topological polar surface area (TPSA) is 92.8 Å². The van der Waals surface area contributed by atoms with E-state index < -0.39 is 30.3 Å². The maximum Gasteiger partial charge on any atom is 0.338 e. The maximum absolute atomic E-state index is 14.1. The van der Waals surface area contributed by atoms with Gasteiger partial charge < -0.3 is 10.1 Å². The fraction of sp³-hybridized carbons (Fsp3) is 0.243. The maximum atomic E-state index is 14.1. The van der Waals surface area contributed by atoms with Gasteiger partial charge in [-0.25, -0.2) is 9.69 Å². The van der Waals surface area contributed by atoms with Crippen LogP contribution < -0.4 is 10.2 Å². The predicted octanol–water partition coefficient (Wildman–Crippen LogP) is 6.00. The lowest BCUT2D eigenvalue weighted by atomic mass is 9.55. The third-order valence-electron chi connectivity index (χ3n) is 9.39. The minimum atomic E-state index is -0.710. The predicted molar refractivity (Wildman–Crippen MR) is 167 cm³/mol. The number of hydrogen-bond donors (Lipinski definition) is 1. The number of hydrogen-bond acceptors (Lipinski definition) is 5. The normalized spacial score (nSPS) is 21.0. The molecule has 7 heteroatoms. The SMILES string of the molecule is CCc1cccc(CC)c1NC(=O)COC(=O)c1cccc(N2C(=O)[C@H]3C4c5ccccc5C(c5ccccc54)[C@@H]3C2=O)c1. The molecule has 3 aliphatic carbocycles. The molecule has 1 heterocycles. The number of esters is 1. The van der Waals surface area contributed by atoms with Crippen molar-refractivity contribution in [1.82, 2.24) is 0 Å². The lowest BCUT2D eigenvalue weighted by Gasteiger charge is -2.45. The van der Waals surface area contributed by atoms with Gasteiger partial charge in [-0.2, -0.15) is 0 Å². The van der Waals surface area contributed by atoms with Crippen molar-refractivity contribution in [1.29, 1.82) is 0 Å². The Labute approximate surface area is 255 Å². The van der Waals surface area contributed by atoms with Crippen molar-refractivity contribution in [2.45, 2.75) is 38.5 Å². The van der Waals surface area contributed by atoms with Crippen LogP contribution in [0.2, 0.25) is 0 Å². The van der Waals surface area contributed by atoms with Crippen molar-refractivity contribution in [2.24, 2.45) is 11.8 Å². The zero-order valence-electron chi connectivity index (χ0n) is 24.6. The van der Waals surface area contributed by atoms with Crippen LogP contribution >= 0.6 is 0 Å². The Morgan fingerprint density at radius 3 is 1.70 bits per heavy atom. The summed E-state index contributed by atoms with van der Waals surface area (Å²) < 4.78 is 5.36. The number of anilines is 2. The molecule has 1 N–H and O–H groups in total. The van der Waals surface area contributed by atoms with E-state index in [-0.39, 0.29) is 29.2 Å². The molecule has 4 aromatic carbocycles. The number of imide groups is 1. The molecule has 44 heavy (non-hydrogen) atoms. The summed E-state index contributed by atoms with van der Waals surface area (Å²) in [6, 6.07) is 28.4. The van der Waals surface area contributed by atoms with Gasteiger partial charge in [0, 0.05) is 17.5 Å². The fourth-order valence-electron chi connectivity index (χ4n) is 7.50. The molecule has 4 aliphatic rings. The molecule has 1 saturated heterocycles. The van der Waals surface area contributed by atoms with E-state index in [1.165, 1.54) is 11.0 Å². The first-order chi connectivity index (χ1) is 21.4. The Balaban J connectivity index is 1.12. The smallest absolute Gasteiger partial charge is 0.338 e. The lowest BCUT2D eigenvalue weighted by Crippen LogP contribution is -2.41. The first kappa shape index (κ1) is 27.8. The molecule has 4 aromatic rings.